The molecule has 0 saturated heterocycles. The maximum atomic E-state index is 12.5. The fourth-order valence-electron chi connectivity index (χ4n) is 2.25. The monoisotopic (exact) mass is 392 g/mol. The highest BCUT2D eigenvalue weighted by Crippen LogP contribution is 2.21. The van der Waals surface area contributed by atoms with E-state index >= 15 is 0 Å². The lowest BCUT2D eigenvalue weighted by Gasteiger charge is -2.11. The van der Waals surface area contributed by atoms with E-state index in [0.717, 1.165) is 12.0 Å². The summed E-state index contributed by atoms with van der Waals surface area (Å²) in [4.78, 5) is 11.8. The van der Waals surface area contributed by atoms with Crippen molar-refractivity contribution < 1.29 is 22.7 Å². The molecule has 2 N–H and O–H groups in total. The molecular weight excluding hydrogens is 368 g/mol. The Kier molecular flexibility index (Phi) is 7.63. The molecule has 0 unspecified atom stereocenters. The number of hydrogen-bond acceptors (Lipinski definition) is 5. The van der Waals surface area contributed by atoms with Gasteiger partial charge in [0.2, 0.25) is 0 Å². The molecule has 0 fully saturated rings. The third kappa shape index (κ3) is 6.58. The van der Waals surface area contributed by atoms with Crippen LogP contribution in [0.2, 0.25) is 0 Å². The molecular formula is C19H24N2O5S. The summed E-state index contributed by atoms with van der Waals surface area (Å²) in [5.74, 6) is 0.168. The lowest BCUT2D eigenvalue weighted by molar-refractivity contribution is -0.123. The smallest absolute Gasteiger partial charge is 0.261 e. The molecule has 0 heterocycles. The number of carbonyl (C=O) groups is 1. The summed E-state index contributed by atoms with van der Waals surface area (Å²) in [7, 11) is -2.10. The largest absolute Gasteiger partial charge is 0.484 e. The van der Waals surface area contributed by atoms with E-state index in [0.29, 0.717) is 24.6 Å². The Hall–Kier alpha value is -2.58. The number of rotatable bonds is 10. The van der Waals surface area contributed by atoms with E-state index in [1.54, 1.807) is 19.2 Å². The van der Waals surface area contributed by atoms with Crippen LogP contribution in [0.1, 0.15) is 12.0 Å². The van der Waals surface area contributed by atoms with Crippen LogP contribution in [0.3, 0.4) is 0 Å². The van der Waals surface area contributed by atoms with Crippen molar-refractivity contribution in [2.24, 2.45) is 0 Å². The minimum absolute atomic E-state index is 0.113. The topological polar surface area (TPSA) is 93.7 Å². The molecule has 0 radical (unpaired) electrons. The van der Waals surface area contributed by atoms with Gasteiger partial charge >= 0.3 is 0 Å². The van der Waals surface area contributed by atoms with Crippen LogP contribution in [0, 0.1) is 6.92 Å². The number of nitrogens with one attached hydrogen (secondary N) is 2. The van der Waals surface area contributed by atoms with Crippen molar-refractivity contribution in [2.75, 3.05) is 31.6 Å². The van der Waals surface area contributed by atoms with Gasteiger partial charge in [0.05, 0.1) is 10.6 Å². The molecule has 0 aliphatic carbocycles. The van der Waals surface area contributed by atoms with Crippen molar-refractivity contribution in [3.8, 4) is 5.75 Å². The Labute approximate surface area is 159 Å². The highest BCUT2D eigenvalue weighted by Gasteiger charge is 2.15. The second-order valence-corrected chi connectivity index (χ2v) is 7.56. The van der Waals surface area contributed by atoms with E-state index < -0.39 is 10.0 Å². The Morgan fingerprint density at radius 2 is 1.78 bits per heavy atom. The Morgan fingerprint density at radius 1 is 1.07 bits per heavy atom. The minimum Gasteiger partial charge on any atom is -0.484 e. The van der Waals surface area contributed by atoms with E-state index in [1.165, 1.54) is 24.3 Å². The van der Waals surface area contributed by atoms with Gasteiger partial charge in [-0.3, -0.25) is 9.52 Å². The zero-order chi connectivity index (χ0) is 19.7. The number of benzene rings is 2. The van der Waals surface area contributed by atoms with Crippen LogP contribution in [-0.4, -0.2) is 41.2 Å². The maximum Gasteiger partial charge on any atom is 0.261 e. The fraction of sp³-hybridized carbons (Fsp3) is 0.316. The lowest BCUT2D eigenvalue weighted by atomic mass is 10.2. The highest BCUT2D eigenvalue weighted by molar-refractivity contribution is 7.92. The van der Waals surface area contributed by atoms with Crippen LogP contribution in [0.25, 0.3) is 0 Å². The summed E-state index contributed by atoms with van der Waals surface area (Å²) in [6.07, 6.45) is 0.725. The number of methoxy groups -OCH3 is 1. The number of para-hydroxylation sites is 1. The van der Waals surface area contributed by atoms with E-state index in [1.807, 2.05) is 19.1 Å². The quantitative estimate of drug-likeness (QED) is 0.605. The van der Waals surface area contributed by atoms with Gasteiger partial charge in [-0.05, 0) is 49.2 Å². The van der Waals surface area contributed by atoms with Crippen LogP contribution in [0.15, 0.2) is 53.4 Å². The van der Waals surface area contributed by atoms with Gasteiger partial charge in [0, 0.05) is 20.3 Å². The molecule has 8 heteroatoms. The normalized spacial score (nSPS) is 11.0. The summed E-state index contributed by atoms with van der Waals surface area (Å²) < 4.78 is 37.8. The predicted molar refractivity (Wildman–Crippen MR) is 103 cm³/mol. The average molecular weight is 392 g/mol. The third-order valence-electron chi connectivity index (χ3n) is 3.74. The molecule has 0 atom stereocenters. The SMILES string of the molecule is COCCCNC(=O)COc1ccc(S(=O)(=O)Nc2ccccc2C)cc1. The molecule has 0 aliphatic rings. The zero-order valence-electron chi connectivity index (χ0n) is 15.4. The van der Waals surface area contributed by atoms with Crippen molar-refractivity contribution in [1.82, 2.24) is 5.32 Å². The number of sulfonamides is 1. The second-order valence-electron chi connectivity index (χ2n) is 5.88. The number of aryl methyl sites for hydroxylation is 1. The van der Waals surface area contributed by atoms with Crippen LogP contribution in [-0.2, 0) is 19.6 Å². The fourth-order valence-corrected chi connectivity index (χ4v) is 3.38. The van der Waals surface area contributed by atoms with Crippen molar-refractivity contribution in [3.63, 3.8) is 0 Å². The summed E-state index contributed by atoms with van der Waals surface area (Å²) in [5, 5.41) is 2.71. The van der Waals surface area contributed by atoms with Crippen LogP contribution < -0.4 is 14.8 Å². The number of carbonyl (C=O) groups excluding carboxylic acids is 1. The van der Waals surface area contributed by atoms with E-state index in [-0.39, 0.29) is 17.4 Å². The van der Waals surface area contributed by atoms with Crippen molar-refractivity contribution in [2.45, 2.75) is 18.2 Å². The summed E-state index contributed by atoms with van der Waals surface area (Å²) in [5.41, 5.74) is 1.36. The summed E-state index contributed by atoms with van der Waals surface area (Å²) in [6.45, 7) is 2.78. The first-order chi connectivity index (χ1) is 12.9. The first-order valence-electron chi connectivity index (χ1n) is 8.49. The van der Waals surface area contributed by atoms with Crippen LogP contribution >= 0.6 is 0 Å². The lowest BCUT2D eigenvalue weighted by Crippen LogP contribution is -2.30. The molecule has 146 valence electrons. The molecule has 1 amide bonds. The van der Waals surface area contributed by atoms with Crippen molar-refractivity contribution >= 4 is 21.6 Å². The van der Waals surface area contributed by atoms with Gasteiger partial charge in [0.1, 0.15) is 5.75 Å². The molecule has 2 aromatic carbocycles. The molecule has 7 nitrogen and oxygen atoms in total. The van der Waals surface area contributed by atoms with E-state index in [2.05, 4.69) is 10.0 Å². The molecule has 0 aliphatic heterocycles. The Balaban J connectivity index is 1.90. The van der Waals surface area contributed by atoms with Crippen molar-refractivity contribution in [1.29, 1.82) is 0 Å². The summed E-state index contributed by atoms with van der Waals surface area (Å²) in [6, 6.07) is 13.0. The first kappa shape index (κ1) is 20.7. The standard InChI is InChI=1S/C19H24N2O5S/c1-15-6-3-4-7-18(15)21-27(23,24)17-10-8-16(9-11-17)26-14-19(22)20-12-5-13-25-2/h3-4,6-11,21H,5,12-14H2,1-2H3,(H,20,22). The van der Waals surface area contributed by atoms with Crippen molar-refractivity contribution in [3.05, 3.63) is 54.1 Å². The zero-order valence-corrected chi connectivity index (χ0v) is 16.2. The Bertz CT molecular complexity index is 851. The number of amides is 1. The van der Waals surface area contributed by atoms with Crippen LogP contribution in [0.5, 0.6) is 5.75 Å². The van der Waals surface area contributed by atoms with Gasteiger partial charge in [-0.1, -0.05) is 18.2 Å². The number of hydrogen-bond donors (Lipinski definition) is 2. The second kappa shape index (κ2) is 9.94. The average Bonchev–Trinajstić information content (AvgIpc) is 2.66. The maximum absolute atomic E-state index is 12.5. The first-order valence-corrected chi connectivity index (χ1v) is 9.97. The van der Waals surface area contributed by atoms with Gasteiger partial charge in [-0.2, -0.15) is 0 Å². The highest BCUT2D eigenvalue weighted by atomic mass is 32.2. The molecule has 27 heavy (non-hydrogen) atoms. The van der Waals surface area contributed by atoms with Gasteiger partial charge < -0.3 is 14.8 Å². The molecule has 0 bridgehead atoms. The van der Waals surface area contributed by atoms with Crippen LogP contribution in [0.4, 0.5) is 5.69 Å². The minimum atomic E-state index is -3.70. The number of anilines is 1. The van der Waals surface area contributed by atoms with Gasteiger partial charge in [0.15, 0.2) is 6.61 Å². The Morgan fingerprint density at radius 3 is 2.44 bits per heavy atom. The van der Waals surface area contributed by atoms with Gasteiger partial charge in [-0.25, -0.2) is 8.42 Å². The van der Waals surface area contributed by atoms with E-state index in [9.17, 15) is 13.2 Å². The van der Waals surface area contributed by atoms with Gasteiger partial charge in [0.25, 0.3) is 15.9 Å². The van der Waals surface area contributed by atoms with E-state index in [4.69, 9.17) is 9.47 Å². The summed E-state index contributed by atoms with van der Waals surface area (Å²) >= 11 is 0. The van der Waals surface area contributed by atoms with Gasteiger partial charge in [-0.15, -0.1) is 0 Å². The molecule has 0 saturated carbocycles. The predicted octanol–water partition coefficient (Wildman–Crippen LogP) is 2.33. The molecule has 0 aromatic heterocycles. The molecule has 0 spiro atoms. The molecule has 2 rings (SSSR count). The molecule has 2 aromatic rings. The third-order valence-corrected chi connectivity index (χ3v) is 5.12. The number of ether oxygens (including phenoxy) is 2.